The first-order valence-corrected chi connectivity index (χ1v) is 6.24. The van der Waals surface area contributed by atoms with Crippen molar-refractivity contribution in [3.05, 3.63) is 47.7 Å². The maximum atomic E-state index is 11.8. The molecule has 1 heterocycles. The van der Waals surface area contributed by atoms with E-state index < -0.39 is 0 Å². The van der Waals surface area contributed by atoms with Crippen molar-refractivity contribution in [2.75, 3.05) is 19.0 Å². The molecule has 1 N–H and O–H groups in total. The zero-order valence-electron chi connectivity index (χ0n) is 10.8. The van der Waals surface area contributed by atoms with Gasteiger partial charge in [0.2, 0.25) is 0 Å². The lowest BCUT2D eigenvalue weighted by Gasteiger charge is -2.10. The Morgan fingerprint density at radius 2 is 2.00 bits per heavy atom. The van der Waals surface area contributed by atoms with Crippen molar-refractivity contribution in [2.24, 2.45) is 0 Å². The molecule has 0 spiro atoms. The lowest BCUT2D eigenvalue weighted by molar-refractivity contribution is -0.118. The van der Waals surface area contributed by atoms with Crippen LogP contribution in [0.4, 0.5) is 5.69 Å². The van der Waals surface area contributed by atoms with E-state index in [9.17, 15) is 4.79 Å². The second-order valence-corrected chi connectivity index (χ2v) is 4.19. The lowest BCUT2D eigenvalue weighted by atomic mass is 10.3. The fourth-order valence-electron chi connectivity index (χ4n) is 1.55. The highest BCUT2D eigenvalue weighted by Crippen LogP contribution is 2.25. The summed E-state index contributed by atoms with van der Waals surface area (Å²) >= 11 is 5.85. The summed E-state index contributed by atoms with van der Waals surface area (Å²) in [5, 5.41) is 2.85. The van der Waals surface area contributed by atoms with Crippen LogP contribution in [0.25, 0.3) is 0 Å². The van der Waals surface area contributed by atoms with Crippen molar-refractivity contribution in [1.82, 2.24) is 4.98 Å². The van der Waals surface area contributed by atoms with Gasteiger partial charge in [-0.15, -0.1) is 0 Å². The van der Waals surface area contributed by atoms with Gasteiger partial charge in [0.25, 0.3) is 5.91 Å². The van der Waals surface area contributed by atoms with Crippen LogP contribution in [0.15, 0.2) is 42.6 Å². The number of nitrogens with zero attached hydrogens (tertiary/aromatic N) is 1. The molecule has 1 aromatic heterocycles. The standard InChI is InChI=1S/C14H13ClN2O3/c1-19-11-6-2-3-7-12(11)20-9-13(18)17-10-5-4-8-16-14(10)15/h2-8H,9H2,1H3,(H,17,18). The third-order valence-corrected chi connectivity index (χ3v) is 2.76. The average Bonchev–Trinajstić information content (AvgIpc) is 2.48. The number of hydrogen-bond donors (Lipinski definition) is 1. The van der Waals surface area contributed by atoms with Gasteiger partial charge >= 0.3 is 0 Å². The number of aromatic nitrogens is 1. The van der Waals surface area contributed by atoms with E-state index in [-0.39, 0.29) is 17.7 Å². The molecule has 6 heteroatoms. The number of para-hydroxylation sites is 2. The van der Waals surface area contributed by atoms with Gasteiger partial charge in [-0.25, -0.2) is 4.98 Å². The number of halogens is 1. The number of hydrogen-bond acceptors (Lipinski definition) is 4. The fraction of sp³-hybridized carbons (Fsp3) is 0.143. The summed E-state index contributed by atoms with van der Waals surface area (Å²) in [6.45, 7) is -0.147. The number of pyridine rings is 1. The van der Waals surface area contributed by atoms with Crippen LogP contribution in [0, 0.1) is 0 Å². The van der Waals surface area contributed by atoms with E-state index in [1.807, 2.05) is 6.07 Å². The van der Waals surface area contributed by atoms with Gasteiger partial charge in [0.15, 0.2) is 23.3 Å². The molecule has 0 fully saturated rings. The lowest BCUT2D eigenvalue weighted by Crippen LogP contribution is -2.20. The first-order valence-electron chi connectivity index (χ1n) is 5.87. The maximum Gasteiger partial charge on any atom is 0.262 e. The van der Waals surface area contributed by atoms with Gasteiger partial charge in [-0.3, -0.25) is 4.79 Å². The third-order valence-electron chi connectivity index (χ3n) is 2.46. The van der Waals surface area contributed by atoms with E-state index in [4.69, 9.17) is 21.1 Å². The predicted molar refractivity (Wildman–Crippen MR) is 76.4 cm³/mol. The van der Waals surface area contributed by atoms with E-state index in [1.54, 1.807) is 36.5 Å². The quantitative estimate of drug-likeness (QED) is 0.861. The first-order chi connectivity index (χ1) is 9.70. The van der Waals surface area contributed by atoms with Gasteiger partial charge in [-0.2, -0.15) is 0 Å². The van der Waals surface area contributed by atoms with Gasteiger partial charge < -0.3 is 14.8 Å². The minimum Gasteiger partial charge on any atom is -0.493 e. The molecular weight excluding hydrogens is 280 g/mol. The summed E-state index contributed by atoms with van der Waals surface area (Å²) in [6, 6.07) is 10.4. The summed E-state index contributed by atoms with van der Waals surface area (Å²) in [6.07, 6.45) is 1.54. The van der Waals surface area contributed by atoms with Crippen molar-refractivity contribution < 1.29 is 14.3 Å². The van der Waals surface area contributed by atoms with E-state index in [0.717, 1.165) is 0 Å². The fourth-order valence-corrected chi connectivity index (χ4v) is 1.71. The van der Waals surface area contributed by atoms with E-state index >= 15 is 0 Å². The molecular formula is C14H13ClN2O3. The summed E-state index contributed by atoms with van der Waals surface area (Å²) in [5.74, 6) is 0.743. The molecule has 0 saturated heterocycles. The number of ether oxygens (including phenoxy) is 2. The Kier molecular flexibility index (Phi) is 4.79. The molecule has 5 nitrogen and oxygen atoms in total. The molecule has 2 aromatic rings. The second kappa shape index (κ2) is 6.77. The van der Waals surface area contributed by atoms with Crippen LogP contribution in [0.1, 0.15) is 0 Å². The molecule has 0 unspecified atom stereocenters. The Bertz CT molecular complexity index is 604. The molecule has 1 aromatic carbocycles. The summed E-state index contributed by atoms with van der Waals surface area (Å²) in [5.41, 5.74) is 0.447. The Balaban J connectivity index is 1.94. The number of anilines is 1. The van der Waals surface area contributed by atoms with Crippen molar-refractivity contribution in [2.45, 2.75) is 0 Å². The van der Waals surface area contributed by atoms with Crippen LogP contribution in [-0.4, -0.2) is 24.6 Å². The molecule has 0 saturated carbocycles. The molecule has 0 aliphatic carbocycles. The first kappa shape index (κ1) is 14.1. The number of nitrogens with one attached hydrogen (secondary N) is 1. The molecule has 0 atom stereocenters. The Labute approximate surface area is 121 Å². The van der Waals surface area contributed by atoms with Crippen LogP contribution < -0.4 is 14.8 Å². The van der Waals surface area contributed by atoms with Gasteiger partial charge in [-0.05, 0) is 24.3 Å². The number of methoxy groups -OCH3 is 1. The number of benzene rings is 1. The van der Waals surface area contributed by atoms with Crippen molar-refractivity contribution in [3.8, 4) is 11.5 Å². The minimum absolute atomic E-state index is 0.147. The Morgan fingerprint density at radius 3 is 2.70 bits per heavy atom. The highest BCUT2D eigenvalue weighted by Gasteiger charge is 2.09. The van der Waals surface area contributed by atoms with Crippen LogP contribution in [0.3, 0.4) is 0 Å². The van der Waals surface area contributed by atoms with Gasteiger partial charge in [-0.1, -0.05) is 23.7 Å². The van der Waals surface area contributed by atoms with E-state index in [2.05, 4.69) is 10.3 Å². The average molecular weight is 293 g/mol. The van der Waals surface area contributed by atoms with E-state index in [1.165, 1.54) is 7.11 Å². The monoisotopic (exact) mass is 292 g/mol. The van der Waals surface area contributed by atoms with Crippen LogP contribution >= 0.6 is 11.6 Å². The molecule has 104 valence electrons. The van der Waals surface area contributed by atoms with Gasteiger partial charge in [0.05, 0.1) is 12.8 Å². The number of carbonyl (C=O) groups excluding carboxylic acids is 1. The number of carbonyl (C=O) groups is 1. The highest BCUT2D eigenvalue weighted by atomic mass is 35.5. The van der Waals surface area contributed by atoms with Crippen molar-refractivity contribution in [3.63, 3.8) is 0 Å². The molecule has 0 aliphatic heterocycles. The summed E-state index contributed by atoms with van der Waals surface area (Å²) < 4.78 is 10.5. The van der Waals surface area contributed by atoms with Crippen LogP contribution in [0.5, 0.6) is 11.5 Å². The van der Waals surface area contributed by atoms with Gasteiger partial charge in [0.1, 0.15) is 0 Å². The van der Waals surface area contributed by atoms with E-state index in [0.29, 0.717) is 17.2 Å². The second-order valence-electron chi connectivity index (χ2n) is 3.83. The van der Waals surface area contributed by atoms with Crippen molar-refractivity contribution in [1.29, 1.82) is 0 Å². The molecule has 20 heavy (non-hydrogen) atoms. The third kappa shape index (κ3) is 3.61. The Morgan fingerprint density at radius 1 is 1.25 bits per heavy atom. The number of rotatable bonds is 5. The molecule has 0 aliphatic rings. The maximum absolute atomic E-state index is 11.8. The zero-order chi connectivity index (χ0) is 14.4. The minimum atomic E-state index is -0.328. The predicted octanol–water partition coefficient (Wildman–Crippen LogP) is 2.76. The Hall–Kier alpha value is -2.27. The topological polar surface area (TPSA) is 60.5 Å². The van der Waals surface area contributed by atoms with Crippen LogP contribution in [0.2, 0.25) is 5.15 Å². The highest BCUT2D eigenvalue weighted by molar-refractivity contribution is 6.32. The van der Waals surface area contributed by atoms with Crippen LogP contribution in [-0.2, 0) is 4.79 Å². The zero-order valence-corrected chi connectivity index (χ0v) is 11.6. The molecule has 1 amide bonds. The normalized spacial score (nSPS) is 9.90. The molecule has 2 rings (SSSR count). The van der Waals surface area contributed by atoms with Crippen molar-refractivity contribution >= 4 is 23.2 Å². The molecule has 0 bridgehead atoms. The van der Waals surface area contributed by atoms with Gasteiger partial charge in [0, 0.05) is 6.20 Å². The smallest absolute Gasteiger partial charge is 0.262 e. The summed E-state index contributed by atoms with van der Waals surface area (Å²) in [7, 11) is 1.54. The SMILES string of the molecule is COc1ccccc1OCC(=O)Nc1cccnc1Cl. The number of amides is 1. The summed E-state index contributed by atoms with van der Waals surface area (Å²) in [4.78, 5) is 15.6. The molecule has 0 radical (unpaired) electrons. The largest absolute Gasteiger partial charge is 0.493 e.